The largest absolute Gasteiger partial charge is 0.390 e. The molecule has 2 atom stereocenters. The number of fused-ring (bicyclic) bond motifs is 1. The van der Waals surface area contributed by atoms with Crippen LogP contribution in [-0.2, 0) is 17.8 Å². The lowest BCUT2D eigenvalue weighted by Gasteiger charge is -2.43. The summed E-state index contributed by atoms with van der Waals surface area (Å²) in [5.41, 5.74) is 2.92. The highest BCUT2D eigenvalue weighted by Gasteiger charge is 2.36. The molecule has 3 aliphatic heterocycles. The summed E-state index contributed by atoms with van der Waals surface area (Å²) in [6.45, 7) is 5.51. The number of aliphatic hydroxyl groups excluding tert-OH is 1. The van der Waals surface area contributed by atoms with E-state index in [0.29, 0.717) is 31.9 Å². The molecule has 0 unspecified atom stereocenters. The number of anilines is 1. The van der Waals surface area contributed by atoms with Crippen LogP contribution >= 0.6 is 11.6 Å². The molecule has 9 nitrogen and oxygen atoms in total. The molecule has 0 bridgehead atoms. The van der Waals surface area contributed by atoms with Crippen molar-refractivity contribution in [2.45, 2.75) is 57.3 Å². The maximum atomic E-state index is 13.3. The molecular weight excluding hydrogens is 480 g/mol. The molecular formula is C26H33ClN6O3. The number of aromatic nitrogens is 2. The van der Waals surface area contributed by atoms with Crippen LogP contribution in [0.5, 0.6) is 0 Å². The number of rotatable bonds is 4. The number of nitrogens with one attached hydrogen (secondary N) is 1. The average Bonchev–Trinajstić information content (AvgIpc) is 2.88. The normalized spacial score (nSPS) is 23.3. The van der Waals surface area contributed by atoms with E-state index in [0.717, 1.165) is 32.4 Å². The number of hydrogen-bond acceptors (Lipinski definition) is 7. The molecule has 1 aromatic heterocycles. The van der Waals surface area contributed by atoms with E-state index in [4.69, 9.17) is 11.6 Å². The van der Waals surface area contributed by atoms with Crippen molar-refractivity contribution in [3.8, 4) is 0 Å². The van der Waals surface area contributed by atoms with E-state index >= 15 is 0 Å². The van der Waals surface area contributed by atoms with Crippen LogP contribution in [0.15, 0.2) is 30.3 Å². The van der Waals surface area contributed by atoms with Crippen molar-refractivity contribution in [1.82, 2.24) is 24.7 Å². The van der Waals surface area contributed by atoms with Crippen LogP contribution < -0.4 is 5.32 Å². The molecule has 2 saturated heterocycles. The molecule has 2 N–H and O–H groups in total. The zero-order chi connectivity index (χ0) is 25.2. The molecule has 3 aliphatic rings. The van der Waals surface area contributed by atoms with Gasteiger partial charge in [0.2, 0.25) is 11.2 Å². The highest BCUT2D eigenvalue weighted by Crippen LogP contribution is 2.26. The second-order valence-corrected chi connectivity index (χ2v) is 10.3. The lowest BCUT2D eigenvalue weighted by Crippen LogP contribution is -2.56. The minimum Gasteiger partial charge on any atom is -0.390 e. The third-order valence-electron chi connectivity index (χ3n) is 7.67. The number of amides is 2. The zero-order valence-corrected chi connectivity index (χ0v) is 21.3. The predicted molar refractivity (Wildman–Crippen MR) is 137 cm³/mol. The highest BCUT2D eigenvalue weighted by atomic mass is 35.5. The predicted octanol–water partition coefficient (Wildman–Crippen LogP) is 2.19. The Labute approximate surface area is 216 Å². The molecule has 0 radical (unpaired) electrons. The van der Waals surface area contributed by atoms with Crippen LogP contribution in [-0.4, -0.2) is 92.5 Å². The topological polar surface area (TPSA) is 102 Å². The second-order valence-electron chi connectivity index (χ2n) is 10.00. The molecule has 2 aromatic rings. The molecule has 192 valence electrons. The van der Waals surface area contributed by atoms with Crippen molar-refractivity contribution in [2.24, 2.45) is 0 Å². The number of piperidine rings is 2. The third-order valence-corrected chi connectivity index (χ3v) is 7.84. The van der Waals surface area contributed by atoms with Gasteiger partial charge in [0.15, 0.2) is 0 Å². The fraction of sp³-hybridized carbons (Fsp3) is 0.538. The van der Waals surface area contributed by atoms with Gasteiger partial charge in [-0.1, -0.05) is 24.3 Å². The molecule has 0 saturated carbocycles. The molecule has 4 heterocycles. The summed E-state index contributed by atoms with van der Waals surface area (Å²) >= 11 is 6.17. The molecule has 2 amide bonds. The number of carbonyl (C=O) groups is 2. The van der Waals surface area contributed by atoms with E-state index in [-0.39, 0.29) is 41.4 Å². The third kappa shape index (κ3) is 5.48. The number of carbonyl (C=O) groups excluding carboxylic acids is 2. The lowest BCUT2D eigenvalue weighted by atomic mass is 9.94. The van der Waals surface area contributed by atoms with Gasteiger partial charge in [0, 0.05) is 64.3 Å². The number of aliphatic hydroxyl groups is 1. The molecule has 10 heteroatoms. The minimum atomic E-state index is -0.630. The van der Waals surface area contributed by atoms with Crippen molar-refractivity contribution in [2.75, 3.05) is 38.0 Å². The first-order chi connectivity index (χ1) is 17.4. The van der Waals surface area contributed by atoms with Gasteiger partial charge < -0.3 is 20.2 Å². The van der Waals surface area contributed by atoms with E-state index in [1.54, 1.807) is 17.9 Å². The van der Waals surface area contributed by atoms with E-state index in [2.05, 4.69) is 44.5 Å². The standard InChI is InChI=1S/C26H33ClN6O3/c1-17(34)31-11-7-20(8-12-31)28-24-14-21(29-26(27)30-24)25(36)33-13-9-22(23(35)16-33)32-10-6-18-4-2-3-5-19(18)15-32/h2-5,14,20,22-23,35H,6-13,15-16H2,1H3,(H,28,29,30)/t22-,23-/m0/s1. The summed E-state index contributed by atoms with van der Waals surface area (Å²) in [7, 11) is 0. The van der Waals surface area contributed by atoms with Gasteiger partial charge in [-0.05, 0) is 48.4 Å². The Morgan fingerprint density at radius 2 is 1.75 bits per heavy atom. The van der Waals surface area contributed by atoms with Gasteiger partial charge in [-0.25, -0.2) is 9.97 Å². The van der Waals surface area contributed by atoms with Crippen LogP contribution in [0.25, 0.3) is 0 Å². The minimum absolute atomic E-state index is 0.00642. The number of likely N-dealkylation sites (tertiary alicyclic amines) is 2. The fourth-order valence-corrected chi connectivity index (χ4v) is 5.82. The Hall–Kier alpha value is -2.75. The highest BCUT2D eigenvalue weighted by molar-refractivity contribution is 6.28. The first kappa shape index (κ1) is 24.9. The maximum absolute atomic E-state index is 13.3. The fourth-order valence-electron chi connectivity index (χ4n) is 5.64. The van der Waals surface area contributed by atoms with Gasteiger partial charge in [-0.15, -0.1) is 0 Å². The summed E-state index contributed by atoms with van der Waals surface area (Å²) in [5.74, 6) is 0.333. The van der Waals surface area contributed by atoms with Gasteiger partial charge in [0.25, 0.3) is 5.91 Å². The van der Waals surface area contributed by atoms with Crippen LogP contribution in [0.2, 0.25) is 5.28 Å². The van der Waals surface area contributed by atoms with Crippen molar-refractivity contribution < 1.29 is 14.7 Å². The van der Waals surface area contributed by atoms with Crippen molar-refractivity contribution in [3.05, 3.63) is 52.4 Å². The molecule has 1 aromatic carbocycles. The number of nitrogens with zero attached hydrogens (tertiary/aromatic N) is 5. The van der Waals surface area contributed by atoms with Crippen LogP contribution in [0.3, 0.4) is 0 Å². The summed E-state index contributed by atoms with van der Waals surface area (Å²) in [6, 6.07) is 10.3. The van der Waals surface area contributed by atoms with Gasteiger partial charge in [0.05, 0.1) is 6.10 Å². The number of benzene rings is 1. The number of halogens is 1. The van der Waals surface area contributed by atoms with E-state index in [1.807, 2.05) is 4.90 Å². The smallest absolute Gasteiger partial charge is 0.272 e. The molecule has 5 rings (SSSR count). The Morgan fingerprint density at radius 3 is 2.47 bits per heavy atom. The molecule has 0 aliphatic carbocycles. The average molecular weight is 513 g/mol. The van der Waals surface area contributed by atoms with E-state index in [9.17, 15) is 14.7 Å². The van der Waals surface area contributed by atoms with Crippen molar-refractivity contribution in [3.63, 3.8) is 0 Å². The van der Waals surface area contributed by atoms with E-state index < -0.39 is 6.10 Å². The van der Waals surface area contributed by atoms with Gasteiger partial charge in [-0.3, -0.25) is 14.5 Å². The molecule has 0 spiro atoms. The van der Waals surface area contributed by atoms with Crippen molar-refractivity contribution >= 4 is 29.2 Å². The number of β-amino-alcohol motifs (C(OH)–C–C–N with tert-alkyl or cyclic N) is 1. The summed E-state index contributed by atoms with van der Waals surface area (Å²) < 4.78 is 0. The quantitative estimate of drug-likeness (QED) is 0.605. The molecule has 2 fully saturated rings. The number of hydrogen-bond donors (Lipinski definition) is 2. The SMILES string of the molecule is CC(=O)N1CCC(Nc2cc(C(=O)N3CC[C@H](N4CCc5ccccc5C4)[C@@H](O)C3)nc(Cl)n2)CC1. The van der Waals surface area contributed by atoms with Crippen LogP contribution in [0.1, 0.15) is 47.8 Å². The Morgan fingerprint density at radius 1 is 1.03 bits per heavy atom. The van der Waals surface area contributed by atoms with Gasteiger partial charge in [-0.2, -0.15) is 0 Å². The Balaban J connectivity index is 1.20. The van der Waals surface area contributed by atoms with E-state index in [1.165, 1.54) is 11.1 Å². The Kier molecular flexibility index (Phi) is 7.41. The Bertz CT molecular complexity index is 1120. The summed E-state index contributed by atoms with van der Waals surface area (Å²) in [6.07, 6.45) is 2.64. The summed E-state index contributed by atoms with van der Waals surface area (Å²) in [5, 5.41) is 14.3. The van der Waals surface area contributed by atoms with Crippen LogP contribution in [0, 0.1) is 0 Å². The first-order valence-electron chi connectivity index (χ1n) is 12.7. The van der Waals surface area contributed by atoms with Gasteiger partial charge in [0.1, 0.15) is 11.5 Å². The van der Waals surface area contributed by atoms with Crippen molar-refractivity contribution in [1.29, 1.82) is 0 Å². The summed E-state index contributed by atoms with van der Waals surface area (Å²) in [4.78, 5) is 39.1. The lowest BCUT2D eigenvalue weighted by molar-refractivity contribution is -0.129. The van der Waals surface area contributed by atoms with Gasteiger partial charge >= 0.3 is 0 Å². The second kappa shape index (κ2) is 10.7. The molecule has 36 heavy (non-hydrogen) atoms. The monoisotopic (exact) mass is 512 g/mol. The first-order valence-corrected chi connectivity index (χ1v) is 13.1. The zero-order valence-electron chi connectivity index (χ0n) is 20.6. The maximum Gasteiger partial charge on any atom is 0.272 e. The van der Waals surface area contributed by atoms with Crippen LogP contribution in [0.4, 0.5) is 5.82 Å².